The maximum Gasteiger partial charge on any atom is 0.244 e. The van der Waals surface area contributed by atoms with Crippen molar-refractivity contribution in [1.82, 2.24) is 15.5 Å². The number of aliphatic imine (C=N–C) groups is 1. The summed E-state index contributed by atoms with van der Waals surface area (Å²) in [6.07, 6.45) is 0.953. The Balaban J connectivity index is 0.00000300. The van der Waals surface area contributed by atoms with Crippen molar-refractivity contribution in [3.63, 3.8) is 0 Å². The monoisotopic (exact) mass is 526 g/mol. The maximum atomic E-state index is 12.6. The average Bonchev–Trinajstić information content (AvgIpc) is 3.18. The molecule has 0 saturated heterocycles. The first-order valence-corrected chi connectivity index (χ1v) is 10.9. The van der Waals surface area contributed by atoms with E-state index in [9.17, 15) is 4.79 Å². The molecule has 1 aliphatic heterocycles. The molecule has 1 unspecified atom stereocenters. The van der Waals surface area contributed by atoms with Crippen molar-refractivity contribution < 1.29 is 4.79 Å². The minimum absolute atomic E-state index is 0. The van der Waals surface area contributed by atoms with Crippen LogP contribution in [-0.2, 0) is 17.8 Å². The third-order valence-electron chi connectivity index (χ3n) is 5.10. The molecule has 158 valence electrons. The first kappa shape index (κ1) is 23.7. The SMILES string of the molecule is CCNC(=NCC(=O)N1CCc2sccc2C1)NCC(C)c1ccc(C)cc1.I. The molecular weight excluding hydrogens is 495 g/mol. The average molecular weight is 526 g/mol. The fourth-order valence-corrected chi connectivity index (χ4v) is 4.20. The normalized spacial score (nSPS) is 14.6. The summed E-state index contributed by atoms with van der Waals surface area (Å²) in [5, 5.41) is 8.72. The molecule has 5 nitrogen and oxygen atoms in total. The summed E-state index contributed by atoms with van der Waals surface area (Å²) in [4.78, 5) is 20.4. The number of carbonyl (C=O) groups excluding carboxylic acids is 1. The summed E-state index contributed by atoms with van der Waals surface area (Å²) < 4.78 is 0. The summed E-state index contributed by atoms with van der Waals surface area (Å²) in [6.45, 7) is 9.53. The quantitative estimate of drug-likeness (QED) is 0.341. The molecule has 0 radical (unpaired) electrons. The van der Waals surface area contributed by atoms with E-state index in [-0.39, 0.29) is 36.4 Å². The molecule has 0 saturated carbocycles. The molecule has 1 aromatic heterocycles. The molecule has 1 amide bonds. The highest BCUT2D eigenvalue weighted by molar-refractivity contribution is 14.0. The molecule has 1 atom stereocenters. The number of guanidine groups is 1. The number of carbonyl (C=O) groups is 1. The van der Waals surface area contributed by atoms with Gasteiger partial charge in [0.15, 0.2) is 5.96 Å². The lowest BCUT2D eigenvalue weighted by molar-refractivity contribution is -0.130. The molecule has 0 fully saturated rings. The van der Waals surface area contributed by atoms with E-state index in [0.717, 1.165) is 26.1 Å². The van der Waals surface area contributed by atoms with Gasteiger partial charge in [-0.05, 0) is 48.8 Å². The third kappa shape index (κ3) is 6.70. The van der Waals surface area contributed by atoms with Crippen LogP contribution in [0.5, 0.6) is 0 Å². The molecule has 2 aromatic rings. The third-order valence-corrected chi connectivity index (χ3v) is 6.12. The number of hydrogen-bond donors (Lipinski definition) is 2. The van der Waals surface area contributed by atoms with Crippen LogP contribution in [0, 0.1) is 6.92 Å². The fraction of sp³-hybridized carbons (Fsp3) is 0.455. The molecule has 7 heteroatoms. The zero-order valence-electron chi connectivity index (χ0n) is 17.4. The summed E-state index contributed by atoms with van der Waals surface area (Å²) >= 11 is 1.79. The van der Waals surface area contributed by atoms with Gasteiger partial charge < -0.3 is 15.5 Å². The summed E-state index contributed by atoms with van der Waals surface area (Å²) in [6, 6.07) is 10.7. The first-order chi connectivity index (χ1) is 13.6. The van der Waals surface area contributed by atoms with Crippen LogP contribution in [0.15, 0.2) is 40.7 Å². The molecular formula is C22H31IN4OS. The molecule has 3 rings (SSSR count). The van der Waals surface area contributed by atoms with Crippen LogP contribution >= 0.6 is 35.3 Å². The Kier molecular flexibility index (Phi) is 9.42. The van der Waals surface area contributed by atoms with Crippen molar-refractivity contribution in [2.24, 2.45) is 4.99 Å². The Hall–Kier alpha value is -1.61. The Morgan fingerprint density at radius 3 is 2.72 bits per heavy atom. The Morgan fingerprint density at radius 1 is 1.24 bits per heavy atom. The lowest BCUT2D eigenvalue weighted by atomic mass is 10.0. The van der Waals surface area contributed by atoms with Gasteiger partial charge in [-0.3, -0.25) is 4.79 Å². The largest absolute Gasteiger partial charge is 0.357 e. The molecule has 1 aliphatic rings. The van der Waals surface area contributed by atoms with Gasteiger partial charge in [-0.1, -0.05) is 36.8 Å². The van der Waals surface area contributed by atoms with Crippen LogP contribution < -0.4 is 10.6 Å². The minimum atomic E-state index is 0. The number of amides is 1. The highest BCUT2D eigenvalue weighted by Gasteiger charge is 2.21. The smallest absolute Gasteiger partial charge is 0.244 e. The van der Waals surface area contributed by atoms with Crippen LogP contribution in [-0.4, -0.2) is 42.9 Å². The topological polar surface area (TPSA) is 56.7 Å². The van der Waals surface area contributed by atoms with Crippen LogP contribution in [0.2, 0.25) is 0 Å². The second-order valence-corrected chi connectivity index (χ2v) is 8.32. The number of benzene rings is 1. The van der Waals surface area contributed by atoms with E-state index in [2.05, 4.69) is 65.2 Å². The van der Waals surface area contributed by atoms with Crippen molar-refractivity contribution in [2.45, 2.75) is 39.7 Å². The van der Waals surface area contributed by atoms with Gasteiger partial charge in [0.1, 0.15) is 6.54 Å². The van der Waals surface area contributed by atoms with E-state index >= 15 is 0 Å². The van der Waals surface area contributed by atoms with E-state index in [1.807, 2.05) is 11.8 Å². The number of nitrogens with zero attached hydrogens (tertiary/aromatic N) is 2. The number of fused-ring (bicyclic) bond motifs is 1. The summed E-state index contributed by atoms with van der Waals surface area (Å²) in [5.74, 6) is 1.14. The van der Waals surface area contributed by atoms with Gasteiger partial charge in [-0.2, -0.15) is 0 Å². The van der Waals surface area contributed by atoms with Gasteiger partial charge in [0.2, 0.25) is 5.91 Å². The Labute approximate surface area is 195 Å². The van der Waals surface area contributed by atoms with Crippen molar-refractivity contribution in [3.05, 3.63) is 57.3 Å². The van der Waals surface area contributed by atoms with E-state index in [4.69, 9.17) is 0 Å². The summed E-state index contributed by atoms with van der Waals surface area (Å²) in [7, 11) is 0. The van der Waals surface area contributed by atoms with Crippen LogP contribution in [0.1, 0.15) is 41.3 Å². The zero-order chi connectivity index (χ0) is 19.9. The van der Waals surface area contributed by atoms with Crippen LogP contribution in [0.25, 0.3) is 0 Å². The van der Waals surface area contributed by atoms with Gasteiger partial charge in [0, 0.05) is 31.1 Å². The number of thiophene rings is 1. The van der Waals surface area contributed by atoms with Crippen LogP contribution in [0.4, 0.5) is 0 Å². The number of aryl methyl sites for hydroxylation is 1. The molecule has 0 bridgehead atoms. The first-order valence-electron chi connectivity index (χ1n) is 9.98. The molecule has 29 heavy (non-hydrogen) atoms. The molecule has 0 aliphatic carbocycles. The minimum Gasteiger partial charge on any atom is -0.357 e. The van der Waals surface area contributed by atoms with Gasteiger partial charge in [0.05, 0.1) is 0 Å². The van der Waals surface area contributed by atoms with Crippen molar-refractivity contribution >= 4 is 47.2 Å². The summed E-state index contributed by atoms with van der Waals surface area (Å²) in [5.41, 5.74) is 3.85. The number of hydrogen-bond acceptors (Lipinski definition) is 3. The van der Waals surface area contributed by atoms with Crippen molar-refractivity contribution in [2.75, 3.05) is 26.2 Å². The molecule has 2 heterocycles. The number of nitrogens with one attached hydrogen (secondary N) is 2. The van der Waals surface area contributed by atoms with E-state index in [1.54, 1.807) is 11.3 Å². The van der Waals surface area contributed by atoms with Gasteiger partial charge >= 0.3 is 0 Å². The fourth-order valence-electron chi connectivity index (χ4n) is 3.31. The van der Waals surface area contributed by atoms with Crippen LogP contribution in [0.3, 0.4) is 0 Å². The lowest BCUT2D eigenvalue weighted by Crippen LogP contribution is -2.41. The predicted octanol–water partition coefficient (Wildman–Crippen LogP) is 3.92. The van der Waals surface area contributed by atoms with E-state index in [1.165, 1.54) is 21.6 Å². The zero-order valence-corrected chi connectivity index (χ0v) is 20.6. The Bertz CT molecular complexity index is 818. The van der Waals surface area contributed by atoms with Gasteiger partial charge in [0.25, 0.3) is 0 Å². The highest BCUT2D eigenvalue weighted by Crippen LogP contribution is 2.23. The van der Waals surface area contributed by atoms with Gasteiger partial charge in [-0.15, -0.1) is 35.3 Å². The molecule has 1 aromatic carbocycles. The molecule has 0 spiro atoms. The standard InChI is InChI=1S/C22H30N4OS.HI/c1-4-23-22(24-13-17(3)18-7-5-16(2)6-8-18)25-14-21(27)26-11-9-20-19(15-26)10-12-28-20;/h5-8,10,12,17H,4,9,11,13-15H2,1-3H3,(H2,23,24,25);1H. The Morgan fingerprint density at radius 2 is 2.00 bits per heavy atom. The second kappa shape index (κ2) is 11.5. The van der Waals surface area contributed by atoms with E-state index in [0.29, 0.717) is 18.4 Å². The maximum absolute atomic E-state index is 12.6. The number of rotatable bonds is 6. The predicted molar refractivity (Wildman–Crippen MR) is 132 cm³/mol. The van der Waals surface area contributed by atoms with Gasteiger partial charge in [-0.25, -0.2) is 4.99 Å². The highest BCUT2D eigenvalue weighted by atomic mass is 127. The lowest BCUT2D eigenvalue weighted by Gasteiger charge is -2.26. The molecule has 2 N–H and O–H groups in total. The van der Waals surface area contributed by atoms with Crippen molar-refractivity contribution in [1.29, 1.82) is 0 Å². The van der Waals surface area contributed by atoms with Crippen molar-refractivity contribution in [3.8, 4) is 0 Å². The van der Waals surface area contributed by atoms with E-state index < -0.39 is 0 Å². The second-order valence-electron chi connectivity index (χ2n) is 7.32. The number of halogens is 1.